The van der Waals surface area contributed by atoms with Gasteiger partial charge < -0.3 is 0 Å². The Morgan fingerprint density at radius 3 is 1.06 bits per heavy atom. The lowest BCUT2D eigenvalue weighted by molar-refractivity contribution is -0.169. The summed E-state index contributed by atoms with van der Waals surface area (Å²) >= 11 is 0. The Morgan fingerprint density at radius 1 is 0.320 bits per heavy atom. The van der Waals surface area contributed by atoms with E-state index < -0.39 is 0 Å². The van der Waals surface area contributed by atoms with Crippen LogP contribution in [0.25, 0.3) is 0 Å². The number of rotatable bonds is 2. The highest BCUT2D eigenvalue weighted by Crippen LogP contribution is 2.77. The molecular formula is C50H68. The molecule has 268 valence electrons. The zero-order valence-corrected chi connectivity index (χ0v) is 32.6. The molecule has 9 aliphatic carbocycles. The lowest BCUT2D eigenvalue weighted by Gasteiger charge is -2.65. The normalized spacial score (nSPS) is 49.5. The molecule has 0 spiro atoms. The van der Waals surface area contributed by atoms with Crippen LogP contribution in [0.3, 0.4) is 0 Å². The van der Waals surface area contributed by atoms with Gasteiger partial charge in [-0.15, -0.1) is 0 Å². The van der Waals surface area contributed by atoms with Crippen LogP contribution in [-0.2, 0) is 0 Å². The van der Waals surface area contributed by atoms with Crippen molar-refractivity contribution >= 4 is 0 Å². The smallest absolute Gasteiger partial charge is 0.00914 e. The van der Waals surface area contributed by atoms with Gasteiger partial charge in [0.05, 0.1) is 0 Å². The SMILES string of the molecule is Cc1cc(C)c(C2C3CCCCC3C(c3c(C)cc(C)cc3C)C3C4CCC5C6CCC7CCC8CCC(C9CCC(C4C95)C23)C6C87)c(C)c1. The van der Waals surface area contributed by atoms with Crippen LogP contribution in [-0.4, -0.2) is 0 Å². The average molecular weight is 669 g/mol. The molecule has 0 N–H and O–H groups in total. The lowest BCUT2D eigenvalue weighted by atomic mass is 9.40. The highest BCUT2D eigenvalue weighted by atomic mass is 14.7. The van der Waals surface area contributed by atoms with Gasteiger partial charge in [-0.1, -0.05) is 48.2 Å². The Labute approximate surface area is 305 Å². The maximum absolute atomic E-state index is 2.58. The highest BCUT2D eigenvalue weighted by Gasteiger charge is 2.70. The van der Waals surface area contributed by atoms with Crippen molar-refractivity contribution in [3.63, 3.8) is 0 Å². The number of fused-ring (bicyclic) bond motifs is 6. The molecule has 9 saturated carbocycles. The molecule has 0 nitrogen and oxygen atoms in total. The molecule has 0 amide bonds. The first kappa shape index (κ1) is 31.9. The van der Waals surface area contributed by atoms with E-state index >= 15 is 0 Å². The second-order valence-electron chi connectivity index (χ2n) is 21.1. The minimum atomic E-state index is 0.791. The van der Waals surface area contributed by atoms with Crippen molar-refractivity contribution in [2.24, 2.45) is 94.7 Å². The summed E-state index contributed by atoms with van der Waals surface area (Å²) in [5.41, 5.74) is 13.2. The molecule has 0 radical (unpaired) electrons. The van der Waals surface area contributed by atoms with Crippen molar-refractivity contribution in [1.29, 1.82) is 0 Å². The van der Waals surface area contributed by atoms with Crippen molar-refractivity contribution in [2.75, 3.05) is 0 Å². The van der Waals surface area contributed by atoms with E-state index in [1.54, 1.807) is 86.5 Å². The number of benzene rings is 2. The summed E-state index contributed by atoms with van der Waals surface area (Å²) in [7, 11) is 0. The van der Waals surface area contributed by atoms with Crippen LogP contribution in [0.5, 0.6) is 0 Å². The maximum atomic E-state index is 2.58. The number of aryl methyl sites for hydroxylation is 6. The van der Waals surface area contributed by atoms with Crippen LogP contribution in [0, 0.1) is 136 Å². The van der Waals surface area contributed by atoms with Gasteiger partial charge in [-0.3, -0.25) is 0 Å². The summed E-state index contributed by atoms with van der Waals surface area (Å²) in [6.07, 6.45) is 21.9. The van der Waals surface area contributed by atoms with E-state index in [0.29, 0.717) is 0 Å². The lowest BCUT2D eigenvalue weighted by Crippen LogP contribution is -2.59. The third kappa shape index (κ3) is 4.24. The molecule has 50 heavy (non-hydrogen) atoms. The van der Waals surface area contributed by atoms with Gasteiger partial charge in [-0.05, 0) is 258 Å². The molecule has 0 heteroatoms. The first-order chi connectivity index (χ1) is 24.3. The Bertz CT molecular complexity index is 1510. The van der Waals surface area contributed by atoms with Crippen LogP contribution in [0.1, 0.15) is 146 Å². The molecule has 0 aromatic heterocycles. The summed E-state index contributed by atoms with van der Waals surface area (Å²) in [6.45, 7) is 14.8. The molecule has 2 aromatic carbocycles. The molecule has 9 aliphatic rings. The van der Waals surface area contributed by atoms with Crippen LogP contribution >= 0.6 is 0 Å². The third-order valence-corrected chi connectivity index (χ3v) is 19.6. The van der Waals surface area contributed by atoms with Gasteiger partial charge in [0.15, 0.2) is 0 Å². The van der Waals surface area contributed by atoms with E-state index in [2.05, 4.69) is 65.8 Å². The van der Waals surface area contributed by atoms with Crippen LogP contribution in [0.15, 0.2) is 24.3 Å². The fourth-order valence-electron chi connectivity index (χ4n) is 19.3. The monoisotopic (exact) mass is 669 g/mol. The summed E-state index contributed by atoms with van der Waals surface area (Å²) < 4.78 is 0. The molecule has 0 aliphatic heterocycles. The van der Waals surface area contributed by atoms with Crippen LogP contribution in [0.2, 0.25) is 0 Å². The van der Waals surface area contributed by atoms with Crippen LogP contribution in [0.4, 0.5) is 0 Å². The minimum absolute atomic E-state index is 0.791. The summed E-state index contributed by atoms with van der Waals surface area (Å²) in [5, 5.41) is 0. The van der Waals surface area contributed by atoms with E-state index in [4.69, 9.17) is 0 Å². The minimum Gasteiger partial charge on any atom is -0.0561 e. The first-order valence-corrected chi connectivity index (χ1v) is 22.5. The van der Waals surface area contributed by atoms with Gasteiger partial charge in [0.25, 0.3) is 0 Å². The Balaban J connectivity index is 1.08. The van der Waals surface area contributed by atoms with Gasteiger partial charge in [-0.2, -0.15) is 0 Å². The second-order valence-corrected chi connectivity index (χ2v) is 21.1. The summed E-state index contributed by atoms with van der Waals surface area (Å²) in [5.74, 6) is 18.1. The van der Waals surface area contributed by atoms with Crippen molar-refractivity contribution in [1.82, 2.24) is 0 Å². The molecule has 14 atom stereocenters. The van der Waals surface area contributed by atoms with Crippen molar-refractivity contribution in [3.8, 4) is 0 Å². The molecule has 2 aromatic rings. The number of hydrogen-bond acceptors (Lipinski definition) is 0. The fourth-order valence-corrected chi connectivity index (χ4v) is 19.3. The Hall–Kier alpha value is -1.56. The Kier molecular flexibility index (Phi) is 7.32. The summed E-state index contributed by atoms with van der Waals surface area (Å²) in [4.78, 5) is 0. The standard InChI is InChI=1S/C50H68/c1-25-21-27(3)41(28(4)22-25)47-33-9-7-8-10-34(33)48(42-29(5)23-26(2)24-30(42)6)50-40-20-18-38-36-16-14-32-12-11-31-13-15-35(44(36)43(31)32)37-17-19-39(49(47)50)46(40)45(37)38/h21-24,31-40,43-50H,7-20H2,1-6H3. The van der Waals surface area contributed by atoms with E-state index in [1.165, 1.54) is 36.8 Å². The molecule has 0 bridgehead atoms. The molecule has 14 unspecified atom stereocenters. The van der Waals surface area contributed by atoms with Gasteiger partial charge in [0.2, 0.25) is 0 Å². The van der Waals surface area contributed by atoms with Gasteiger partial charge in [0, 0.05) is 0 Å². The van der Waals surface area contributed by atoms with Crippen LogP contribution < -0.4 is 0 Å². The van der Waals surface area contributed by atoms with E-state index in [-0.39, 0.29) is 0 Å². The van der Waals surface area contributed by atoms with Crippen molar-refractivity contribution in [2.45, 2.75) is 143 Å². The summed E-state index contributed by atoms with van der Waals surface area (Å²) in [6, 6.07) is 10.3. The number of hydrogen-bond donors (Lipinski definition) is 0. The fraction of sp³-hybridized carbons (Fsp3) is 0.760. The highest BCUT2D eigenvalue weighted by molar-refractivity contribution is 5.46. The third-order valence-electron chi connectivity index (χ3n) is 19.6. The van der Waals surface area contributed by atoms with Gasteiger partial charge in [-0.25, -0.2) is 0 Å². The molecule has 0 heterocycles. The predicted octanol–water partition coefficient (Wildman–Crippen LogP) is 12.8. The largest absolute Gasteiger partial charge is 0.0561 e. The maximum Gasteiger partial charge on any atom is -0.00914 e. The van der Waals surface area contributed by atoms with E-state index in [1.807, 2.05) is 11.1 Å². The molecule has 9 fully saturated rings. The van der Waals surface area contributed by atoms with Crippen molar-refractivity contribution in [3.05, 3.63) is 68.8 Å². The first-order valence-electron chi connectivity index (χ1n) is 22.5. The zero-order chi connectivity index (χ0) is 33.7. The van der Waals surface area contributed by atoms with Gasteiger partial charge in [0.1, 0.15) is 0 Å². The van der Waals surface area contributed by atoms with Crippen molar-refractivity contribution < 1.29 is 0 Å². The molecular weight excluding hydrogens is 601 g/mol. The topological polar surface area (TPSA) is 0 Å². The second kappa shape index (κ2) is 11.5. The quantitative estimate of drug-likeness (QED) is 0.299. The molecule has 0 saturated heterocycles. The Morgan fingerprint density at radius 2 is 0.640 bits per heavy atom. The average Bonchev–Trinajstić information content (AvgIpc) is 3.67. The van der Waals surface area contributed by atoms with E-state index in [9.17, 15) is 0 Å². The van der Waals surface area contributed by atoms with Gasteiger partial charge >= 0.3 is 0 Å². The molecule has 11 rings (SSSR count). The van der Waals surface area contributed by atoms with E-state index in [0.717, 1.165) is 107 Å². The zero-order valence-electron chi connectivity index (χ0n) is 32.6. The predicted molar refractivity (Wildman–Crippen MR) is 207 cm³/mol.